The lowest BCUT2D eigenvalue weighted by atomic mass is 10.0. The van der Waals surface area contributed by atoms with Gasteiger partial charge >= 0.3 is 12.2 Å². The number of halogens is 3. The number of hydrogen-bond donors (Lipinski definition) is 3. The molecule has 2 unspecified atom stereocenters. The van der Waals surface area contributed by atoms with Gasteiger partial charge in [-0.1, -0.05) is 56.3 Å². The lowest BCUT2D eigenvalue weighted by Gasteiger charge is -2.17. The molecule has 3 aromatic rings. The summed E-state index contributed by atoms with van der Waals surface area (Å²) in [4.78, 5) is 12.9. The molecule has 0 aliphatic heterocycles. The Morgan fingerprint density at radius 3 is 2.66 bits per heavy atom. The molecule has 9 heteroatoms. The van der Waals surface area contributed by atoms with Crippen LogP contribution in [0.25, 0.3) is 17.5 Å². The molecular formula is C26H27F3N4O2. The third-order valence-electron chi connectivity index (χ3n) is 6.14. The van der Waals surface area contributed by atoms with E-state index >= 15 is 0 Å². The van der Waals surface area contributed by atoms with Crippen molar-refractivity contribution >= 4 is 23.6 Å². The molecule has 0 spiro atoms. The number of nitrogens with one attached hydrogen (secondary N) is 2. The van der Waals surface area contributed by atoms with Crippen LogP contribution in [0.4, 0.5) is 23.8 Å². The molecule has 2 aromatic carbocycles. The van der Waals surface area contributed by atoms with Gasteiger partial charge in [-0.2, -0.15) is 18.3 Å². The SMILES string of the molecule is CCC(C)c1cc(NC(=O)NC2=c3ccccc3=CCC2)n(-c2cccc(C(O)C(F)(F)F)c2)n1. The fourth-order valence-electron chi connectivity index (χ4n) is 4.02. The molecule has 2 atom stereocenters. The molecule has 184 valence electrons. The Hall–Kier alpha value is -3.59. The maximum Gasteiger partial charge on any atom is 0.418 e. The van der Waals surface area contributed by atoms with E-state index < -0.39 is 18.3 Å². The average Bonchev–Trinajstić information content (AvgIpc) is 3.26. The molecule has 6 nitrogen and oxygen atoms in total. The normalized spacial score (nSPS) is 15.1. The van der Waals surface area contributed by atoms with Crippen LogP contribution in [0, 0.1) is 0 Å². The number of aromatic nitrogens is 2. The number of benzene rings is 2. The van der Waals surface area contributed by atoms with Crippen molar-refractivity contribution < 1.29 is 23.1 Å². The average molecular weight is 485 g/mol. The summed E-state index contributed by atoms with van der Waals surface area (Å²) in [5, 5.41) is 22.0. The summed E-state index contributed by atoms with van der Waals surface area (Å²) in [5.41, 5.74) is 1.47. The van der Waals surface area contributed by atoms with E-state index in [2.05, 4.69) is 21.8 Å². The van der Waals surface area contributed by atoms with E-state index in [0.29, 0.717) is 23.6 Å². The van der Waals surface area contributed by atoms with Gasteiger partial charge in [0.25, 0.3) is 0 Å². The highest BCUT2D eigenvalue weighted by Crippen LogP contribution is 2.33. The van der Waals surface area contributed by atoms with Crippen molar-refractivity contribution in [1.29, 1.82) is 0 Å². The zero-order chi connectivity index (χ0) is 25.2. The molecule has 1 aliphatic rings. The molecule has 0 saturated heterocycles. The number of anilines is 1. The number of aliphatic hydroxyl groups excluding tert-OH is 1. The Balaban J connectivity index is 1.67. The molecule has 3 N–H and O–H groups in total. The van der Waals surface area contributed by atoms with E-state index in [1.807, 2.05) is 38.1 Å². The van der Waals surface area contributed by atoms with Gasteiger partial charge in [0, 0.05) is 22.9 Å². The number of nitrogens with zero attached hydrogens (tertiary/aromatic N) is 2. The summed E-state index contributed by atoms with van der Waals surface area (Å²) in [7, 11) is 0. The van der Waals surface area contributed by atoms with Crippen LogP contribution in [0.5, 0.6) is 0 Å². The third kappa shape index (κ3) is 5.40. The van der Waals surface area contributed by atoms with Gasteiger partial charge < -0.3 is 10.4 Å². The second kappa shape index (κ2) is 9.95. The van der Waals surface area contributed by atoms with Gasteiger partial charge in [-0.25, -0.2) is 9.48 Å². The zero-order valence-corrected chi connectivity index (χ0v) is 19.4. The first-order chi connectivity index (χ1) is 16.7. The number of carbonyl (C=O) groups excluding carboxylic acids is 1. The minimum Gasteiger partial charge on any atom is -0.379 e. The highest BCUT2D eigenvalue weighted by Gasteiger charge is 2.39. The predicted molar refractivity (Wildman–Crippen MR) is 128 cm³/mol. The van der Waals surface area contributed by atoms with E-state index in [1.54, 1.807) is 12.1 Å². The summed E-state index contributed by atoms with van der Waals surface area (Å²) in [6.45, 7) is 3.98. The van der Waals surface area contributed by atoms with Crippen LogP contribution in [0.15, 0.2) is 54.6 Å². The summed E-state index contributed by atoms with van der Waals surface area (Å²) in [5.74, 6) is 0.381. The first-order valence-corrected chi connectivity index (χ1v) is 11.5. The number of rotatable bonds is 6. The Kier molecular flexibility index (Phi) is 6.98. The van der Waals surface area contributed by atoms with E-state index in [9.17, 15) is 23.1 Å². The van der Waals surface area contributed by atoms with Gasteiger partial charge in [-0.3, -0.25) is 5.32 Å². The summed E-state index contributed by atoms with van der Waals surface area (Å²) in [6.07, 6.45) is -3.02. The minimum absolute atomic E-state index is 0.0685. The maximum atomic E-state index is 13.1. The van der Waals surface area contributed by atoms with Gasteiger partial charge in [0.2, 0.25) is 0 Å². The molecule has 1 aliphatic carbocycles. The lowest BCUT2D eigenvalue weighted by molar-refractivity contribution is -0.206. The fourth-order valence-corrected chi connectivity index (χ4v) is 4.02. The molecule has 0 saturated carbocycles. The monoisotopic (exact) mass is 484 g/mol. The van der Waals surface area contributed by atoms with Crippen LogP contribution in [0.1, 0.15) is 56.4 Å². The van der Waals surface area contributed by atoms with Crippen LogP contribution in [-0.4, -0.2) is 27.1 Å². The molecule has 1 aromatic heterocycles. The summed E-state index contributed by atoms with van der Waals surface area (Å²) in [6, 6.07) is 14.4. The van der Waals surface area contributed by atoms with Crippen LogP contribution in [0.2, 0.25) is 0 Å². The number of fused-ring (bicyclic) bond motifs is 1. The maximum absolute atomic E-state index is 13.1. The first-order valence-electron chi connectivity index (χ1n) is 11.5. The van der Waals surface area contributed by atoms with Crippen molar-refractivity contribution in [1.82, 2.24) is 15.1 Å². The Morgan fingerprint density at radius 2 is 1.91 bits per heavy atom. The zero-order valence-electron chi connectivity index (χ0n) is 19.4. The van der Waals surface area contributed by atoms with Gasteiger partial charge in [0.15, 0.2) is 6.10 Å². The molecule has 35 heavy (non-hydrogen) atoms. The van der Waals surface area contributed by atoms with Gasteiger partial charge in [0.05, 0.1) is 11.4 Å². The number of alkyl halides is 3. The first kappa shape index (κ1) is 24.5. The van der Waals surface area contributed by atoms with Gasteiger partial charge in [0.1, 0.15) is 5.82 Å². The molecule has 0 radical (unpaired) electrons. The smallest absolute Gasteiger partial charge is 0.379 e. The van der Waals surface area contributed by atoms with Crippen LogP contribution >= 0.6 is 0 Å². The van der Waals surface area contributed by atoms with Crippen molar-refractivity contribution in [2.24, 2.45) is 0 Å². The Bertz CT molecular complexity index is 1350. The van der Waals surface area contributed by atoms with Gasteiger partial charge in [-0.15, -0.1) is 0 Å². The summed E-state index contributed by atoms with van der Waals surface area (Å²) < 4.78 is 40.6. The van der Waals surface area contributed by atoms with Crippen molar-refractivity contribution in [2.75, 3.05) is 5.32 Å². The Labute approximate surface area is 200 Å². The van der Waals surface area contributed by atoms with Crippen LogP contribution in [-0.2, 0) is 0 Å². The van der Waals surface area contributed by atoms with E-state index in [4.69, 9.17) is 0 Å². The van der Waals surface area contributed by atoms with Crippen molar-refractivity contribution in [3.63, 3.8) is 0 Å². The van der Waals surface area contributed by atoms with Crippen molar-refractivity contribution in [3.05, 3.63) is 76.3 Å². The number of hydrogen-bond acceptors (Lipinski definition) is 3. The van der Waals surface area contributed by atoms with E-state index in [1.165, 1.54) is 22.9 Å². The third-order valence-corrected chi connectivity index (χ3v) is 6.14. The highest BCUT2D eigenvalue weighted by molar-refractivity contribution is 5.93. The molecule has 4 rings (SSSR count). The van der Waals surface area contributed by atoms with Crippen LogP contribution < -0.4 is 21.1 Å². The number of carbonyl (C=O) groups is 1. The van der Waals surface area contributed by atoms with Crippen molar-refractivity contribution in [3.8, 4) is 5.69 Å². The molecule has 0 bridgehead atoms. The lowest BCUT2D eigenvalue weighted by Crippen LogP contribution is -2.38. The standard InChI is InChI=1S/C26H27F3N4O2/c1-3-16(2)22-15-23(31-25(35)30-21-13-7-9-17-8-4-5-12-20(17)21)33(32-22)19-11-6-10-18(14-19)24(34)26(27,28)29/h4-6,8-12,14-16,24,34H,3,7,13H2,1-2H3,(H2,30,31,35). The number of urea groups is 1. The molecular weight excluding hydrogens is 457 g/mol. The number of amides is 2. The fraction of sp³-hybridized carbons (Fsp3) is 0.308. The molecule has 1 heterocycles. The van der Waals surface area contributed by atoms with E-state index in [-0.39, 0.29) is 11.5 Å². The second-order valence-corrected chi connectivity index (χ2v) is 8.60. The summed E-state index contributed by atoms with van der Waals surface area (Å²) >= 11 is 0. The Morgan fingerprint density at radius 1 is 1.14 bits per heavy atom. The molecule has 2 amide bonds. The topological polar surface area (TPSA) is 79.2 Å². The van der Waals surface area contributed by atoms with Gasteiger partial charge in [-0.05, 0) is 42.2 Å². The molecule has 0 fully saturated rings. The highest BCUT2D eigenvalue weighted by atomic mass is 19.4. The largest absolute Gasteiger partial charge is 0.418 e. The van der Waals surface area contributed by atoms with Crippen LogP contribution in [0.3, 0.4) is 0 Å². The minimum atomic E-state index is -4.80. The predicted octanol–water partition coefficient (Wildman–Crippen LogP) is 4.49. The quantitative estimate of drug-likeness (QED) is 0.483. The van der Waals surface area contributed by atoms with E-state index in [0.717, 1.165) is 29.0 Å². The van der Waals surface area contributed by atoms with Crippen molar-refractivity contribution in [2.45, 2.75) is 51.3 Å². The second-order valence-electron chi connectivity index (χ2n) is 8.60. The number of aliphatic hydroxyl groups is 1.